The molecule has 0 spiro atoms. The zero-order valence-electron chi connectivity index (χ0n) is 11.1. The van der Waals surface area contributed by atoms with E-state index in [2.05, 4.69) is 14.7 Å². The Kier molecular flexibility index (Phi) is 3.89. The highest BCUT2D eigenvalue weighted by Crippen LogP contribution is 2.30. The second-order valence-electron chi connectivity index (χ2n) is 4.18. The van der Waals surface area contributed by atoms with Crippen molar-refractivity contribution < 1.29 is 32.6 Å². The number of aromatic amines is 1. The van der Waals surface area contributed by atoms with Gasteiger partial charge >= 0.3 is 18.1 Å². The predicted octanol–water partition coefficient (Wildman–Crippen LogP) is 2.58. The molecular weight excluding hydrogens is 305 g/mol. The fourth-order valence-electron chi connectivity index (χ4n) is 1.73. The van der Waals surface area contributed by atoms with Crippen molar-refractivity contribution in [1.29, 1.82) is 0 Å². The van der Waals surface area contributed by atoms with Gasteiger partial charge in [0.15, 0.2) is 11.4 Å². The van der Waals surface area contributed by atoms with Crippen LogP contribution in [0.1, 0.15) is 26.5 Å². The van der Waals surface area contributed by atoms with Gasteiger partial charge in [-0.25, -0.2) is 14.6 Å². The minimum atomic E-state index is -4.48. The molecule has 9 heteroatoms. The molecule has 0 aliphatic heterocycles. The number of halogens is 3. The standard InChI is InChI=1S/C13H9F3N2O4/c1-22-12(21)9-8(11(19)20)17-10(18-9)6-2-4-7(5-3-6)13(14,15)16/h2-5H,1H3,(H,17,18)(H,19,20). The molecule has 1 aromatic carbocycles. The number of aromatic carboxylic acids is 1. The van der Waals surface area contributed by atoms with Gasteiger partial charge in [0.2, 0.25) is 0 Å². The van der Waals surface area contributed by atoms with Crippen LogP contribution < -0.4 is 0 Å². The number of alkyl halides is 3. The number of rotatable bonds is 3. The maximum absolute atomic E-state index is 12.5. The fraction of sp³-hybridized carbons (Fsp3) is 0.154. The summed E-state index contributed by atoms with van der Waals surface area (Å²) < 4.78 is 41.9. The predicted molar refractivity (Wildman–Crippen MR) is 67.3 cm³/mol. The monoisotopic (exact) mass is 314 g/mol. The van der Waals surface area contributed by atoms with Crippen molar-refractivity contribution in [2.75, 3.05) is 7.11 Å². The molecule has 2 aromatic rings. The molecule has 0 bridgehead atoms. The van der Waals surface area contributed by atoms with Crippen LogP contribution in [0.25, 0.3) is 11.4 Å². The molecule has 0 aliphatic rings. The molecule has 2 N–H and O–H groups in total. The SMILES string of the molecule is COC(=O)c1nc(-c2ccc(C(F)(F)F)cc2)[nH]c1C(=O)O. The second kappa shape index (κ2) is 5.51. The van der Waals surface area contributed by atoms with Gasteiger partial charge in [0, 0.05) is 5.56 Å². The molecule has 0 saturated carbocycles. The number of esters is 1. The van der Waals surface area contributed by atoms with Crippen LogP contribution in [0.15, 0.2) is 24.3 Å². The van der Waals surface area contributed by atoms with Gasteiger partial charge < -0.3 is 14.8 Å². The Morgan fingerprint density at radius 1 is 1.23 bits per heavy atom. The Bertz CT molecular complexity index is 720. The highest BCUT2D eigenvalue weighted by atomic mass is 19.4. The van der Waals surface area contributed by atoms with E-state index < -0.39 is 35.1 Å². The molecule has 116 valence electrons. The van der Waals surface area contributed by atoms with Gasteiger partial charge in [-0.3, -0.25) is 0 Å². The van der Waals surface area contributed by atoms with Crippen molar-refractivity contribution in [2.24, 2.45) is 0 Å². The summed E-state index contributed by atoms with van der Waals surface area (Å²) in [5.41, 5.74) is -1.60. The third-order valence-corrected chi connectivity index (χ3v) is 2.78. The van der Waals surface area contributed by atoms with Crippen molar-refractivity contribution in [3.05, 3.63) is 41.2 Å². The maximum Gasteiger partial charge on any atom is 0.416 e. The summed E-state index contributed by atoms with van der Waals surface area (Å²) in [7, 11) is 1.06. The molecule has 1 heterocycles. The number of carboxylic acid groups (broad SMARTS) is 1. The zero-order chi connectivity index (χ0) is 16.5. The van der Waals surface area contributed by atoms with Crippen LogP contribution in [0.5, 0.6) is 0 Å². The number of hydrogen-bond donors (Lipinski definition) is 2. The van der Waals surface area contributed by atoms with Crippen molar-refractivity contribution in [1.82, 2.24) is 9.97 Å². The number of carbonyl (C=O) groups is 2. The van der Waals surface area contributed by atoms with Gasteiger partial charge in [0.05, 0.1) is 12.7 Å². The van der Waals surface area contributed by atoms with E-state index >= 15 is 0 Å². The largest absolute Gasteiger partial charge is 0.477 e. The summed E-state index contributed by atoms with van der Waals surface area (Å²) in [5.74, 6) is -2.45. The van der Waals surface area contributed by atoms with E-state index in [9.17, 15) is 22.8 Å². The minimum Gasteiger partial charge on any atom is -0.477 e. The third kappa shape index (κ3) is 2.92. The lowest BCUT2D eigenvalue weighted by molar-refractivity contribution is -0.137. The first-order valence-corrected chi connectivity index (χ1v) is 5.83. The van der Waals surface area contributed by atoms with E-state index in [0.29, 0.717) is 0 Å². The highest BCUT2D eigenvalue weighted by molar-refractivity contribution is 6.00. The lowest BCUT2D eigenvalue weighted by Gasteiger charge is -2.06. The number of carboxylic acids is 1. The first-order valence-electron chi connectivity index (χ1n) is 5.83. The number of nitrogens with zero attached hydrogens (tertiary/aromatic N) is 1. The molecule has 0 saturated heterocycles. The molecule has 0 radical (unpaired) electrons. The van der Waals surface area contributed by atoms with Crippen LogP contribution in [-0.4, -0.2) is 34.1 Å². The molecule has 0 amide bonds. The smallest absolute Gasteiger partial charge is 0.416 e. The van der Waals surface area contributed by atoms with Gasteiger partial charge in [0.1, 0.15) is 5.82 Å². The maximum atomic E-state index is 12.5. The van der Waals surface area contributed by atoms with E-state index in [1.165, 1.54) is 0 Å². The summed E-state index contributed by atoms with van der Waals surface area (Å²) in [5, 5.41) is 8.99. The van der Waals surface area contributed by atoms with Crippen molar-refractivity contribution in [2.45, 2.75) is 6.18 Å². The number of hydrogen-bond acceptors (Lipinski definition) is 4. The first-order chi connectivity index (χ1) is 10.2. The molecule has 6 nitrogen and oxygen atoms in total. The summed E-state index contributed by atoms with van der Waals surface area (Å²) >= 11 is 0. The lowest BCUT2D eigenvalue weighted by atomic mass is 10.1. The molecule has 0 unspecified atom stereocenters. The normalized spacial score (nSPS) is 11.3. The van der Waals surface area contributed by atoms with Crippen LogP contribution in [-0.2, 0) is 10.9 Å². The summed E-state index contributed by atoms with van der Waals surface area (Å²) in [6.45, 7) is 0. The summed E-state index contributed by atoms with van der Waals surface area (Å²) in [6, 6.07) is 3.90. The molecule has 2 rings (SSSR count). The molecular formula is C13H9F3N2O4. The average Bonchev–Trinajstić information content (AvgIpc) is 2.91. The van der Waals surface area contributed by atoms with E-state index in [1.54, 1.807) is 0 Å². The Balaban J connectivity index is 2.45. The van der Waals surface area contributed by atoms with Gasteiger partial charge in [-0.15, -0.1) is 0 Å². The van der Waals surface area contributed by atoms with Crippen molar-refractivity contribution in [3.63, 3.8) is 0 Å². The second-order valence-corrected chi connectivity index (χ2v) is 4.18. The topological polar surface area (TPSA) is 92.3 Å². The fourth-order valence-corrected chi connectivity index (χ4v) is 1.73. The number of carbonyl (C=O) groups excluding carboxylic acids is 1. The zero-order valence-corrected chi connectivity index (χ0v) is 11.1. The molecule has 0 atom stereocenters. The van der Waals surface area contributed by atoms with Gasteiger partial charge in [0.25, 0.3) is 0 Å². The third-order valence-electron chi connectivity index (χ3n) is 2.78. The van der Waals surface area contributed by atoms with Gasteiger partial charge in [-0.1, -0.05) is 12.1 Å². The number of methoxy groups -OCH3 is 1. The number of nitrogens with one attached hydrogen (secondary N) is 1. The average molecular weight is 314 g/mol. The van der Waals surface area contributed by atoms with Crippen LogP contribution >= 0.6 is 0 Å². The summed E-state index contributed by atoms with van der Waals surface area (Å²) in [4.78, 5) is 28.6. The number of imidazole rings is 1. The van der Waals surface area contributed by atoms with Gasteiger partial charge in [-0.05, 0) is 12.1 Å². The van der Waals surface area contributed by atoms with Crippen LogP contribution in [0.3, 0.4) is 0 Å². The molecule has 0 fully saturated rings. The van der Waals surface area contributed by atoms with E-state index in [4.69, 9.17) is 5.11 Å². The van der Waals surface area contributed by atoms with Crippen molar-refractivity contribution >= 4 is 11.9 Å². The minimum absolute atomic E-state index is 0.0495. The van der Waals surface area contributed by atoms with Gasteiger partial charge in [-0.2, -0.15) is 13.2 Å². The molecule has 22 heavy (non-hydrogen) atoms. The quantitative estimate of drug-likeness (QED) is 0.850. The van der Waals surface area contributed by atoms with Crippen LogP contribution in [0, 0.1) is 0 Å². The lowest BCUT2D eigenvalue weighted by Crippen LogP contribution is -2.09. The van der Waals surface area contributed by atoms with Crippen LogP contribution in [0.4, 0.5) is 13.2 Å². The Morgan fingerprint density at radius 2 is 1.82 bits per heavy atom. The van der Waals surface area contributed by atoms with E-state index in [-0.39, 0.29) is 11.4 Å². The highest BCUT2D eigenvalue weighted by Gasteiger charge is 2.30. The summed E-state index contributed by atoms with van der Waals surface area (Å²) in [6.07, 6.45) is -4.48. The Morgan fingerprint density at radius 3 is 2.27 bits per heavy atom. The molecule has 0 aliphatic carbocycles. The number of ether oxygens (including phenoxy) is 1. The first kappa shape index (κ1) is 15.5. The number of H-pyrrole nitrogens is 1. The molecule has 1 aromatic heterocycles. The Labute approximate surface area is 121 Å². The Hall–Kier alpha value is -2.84. The van der Waals surface area contributed by atoms with E-state index in [0.717, 1.165) is 31.4 Å². The number of benzene rings is 1. The van der Waals surface area contributed by atoms with Crippen molar-refractivity contribution in [3.8, 4) is 11.4 Å². The van der Waals surface area contributed by atoms with Crippen LogP contribution in [0.2, 0.25) is 0 Å². The van der Waals surface area contributed by atoms with E-state index in [1.807, 2.05) is 0 Å². The number of aromatic nitrogens is 2.